The molecule has 0 aromatic heterocycles. The lowest BCUT2D eigenvalue weighted by molar-refractivity contribution is -0.229. The third kappa shape index (κ3) is 3.65. The van der Waals surface area contributed by atoms with Gasteiger partial charge < -0.3 is 4.74 Å². The molecular weight excluding hydrogens is 150 g/mol. The van der Waals surface area contributed by atoms with Crippen molar-refractivity contribution in [3.05, 3.63) is 0 Å². The minimum absolute atomic E-state index is 0.226. The van der Waals surface area contributed by atoms with E-state index in [9.17, 15) is 8.78 Å². The highest BCUT2D eigenvalue weighted by atomic mass is 19.3. The molecule has 66 valence electrons. The third-order valence-electron chi connectivity index (χ3n) is 2.05. The van der Waals surface area contributed by atoms with Gasteiger partial charge in [0.05, 0.1) is 6.61 Å². The summed E-state index contributed by atoms with van der Waals surface area (Å²) < 4.78 is 28.7. The molecule has 0 N–H and O–H groups in total. The molecule has 11 heavy (non-hydrogen) atoms. The van der Waals surface area contributed by atoms with Crippen LogP contribution in [0.5, 0.6) is 0 Å². The molecular formula is C8H14F2O. The lowest BCUT2D eigenvalue weighted by atomic mass is 10.1. The molecule has 0 spiro atoms. The van der Waals surface area contributed by atoms with Crippen molar-refractivity contribution in [3.8, 4) is 0 Å². The van der Waals surface area contributed by atoms with Gasteiger partial charge in [0, 0.05) is 6.92 Å². The highest BCUT2D eigenvalue weighted by Gasteiger charge is 2.24. The van der Waals surface area contributed by atoms with Crippen molar-refractivity contribution in [1.29, 1.82) is 0 Å². The van der Waals surface area contributed by atoms with E-state index in [0.29, 0.717) is 5.92 Å². The van der Waals surface area contributed by atoms with Crippen LogP contribution < -0.4 is 0 Å². The van der Waals surface area contributed by atoms with E-state index in [4.69, 9.17) is 0 Å². The molecule has 0 amide bonds. The third-order valence-corrected chi connectivity index (χ3v) is 2.05. The van der Waals surface area contributed by atoms with Crippen LogP contribution in [-0.2, 0) is 4.74 Å². The molecule has 0 radical (unpaired) electrons. The van der Waals surface area contributed by atoms with E-state index in [1.807, 2.05) is 0 Å². The van der Waals surface area contributed by atoms with Gasteiger partial charge in [0.1, 0.15) is 0 Å². The molecule has 1 rings (SSSR count). The minimum atomic E-state index is -2.94. The quantitative estimate of drug-likeness (QED) is 0.623. The monoisotopic (exact) mass is 164 g/mol. The number of alkyl halides is 2. The molecule has 1 fully saturated rings. The average Bonchev–Trinajstić information content (AvgIpc) is 2.32. The first-order valence-electron chi connectivity index (χ1n) is 4.10. The first-order chi connectivity index (χ1) is 5.08. The van der Waals surface area contributed by atoms with Crippen LogP contribution in [0.15, 0.2) is 0 Å². The maximum atomic E-state index is 12.2. The summed E-state index contributed by atoms with van der Waals surface area (Å²) in [6.45, 7) is 1.02. The second-order valence-corrected chi connectivity index (χ2v) is 3.27. The van der Waals surface area contributed by atoms with Gasteiger partial charge in [-0.25, -0.2) is 0 Å². The fraction of sp³-hybridized carbons (Fsp3) is 1.00. The van der Waals surface area contributed by atoms with E-state index < -0.39 is 6.11 Å². The van der Waals surface area contributed by atoms with Gasteiger partial charge in [-0.15, -0.1) is 0 Å². The number of rotatable bonds is 3. The van der Waals surface area contributed by atoms with Gasteiger partial charge in [-0.3, -0.25) is 0 Å². The van der Waals surface area contributed by atoms with Gasteiger partial charge in [-0.1, -0.05) is 12.8 Å². The van der Waals surface area contributed by atoms with Gasteiger partial charge >= 0.3 is 6.11 Å². The molecule has 0 bridgehead atoms. The van der Waals surface area contributed by atoms with Gasteiger partial charge in [0.15, 0.2) is 0 Å². The van der Waals surface area contributed by atoms with E-state index in [1.165, 1.54) is 12.8 Å². The number of ether oxygens (including phenoxy) is 1. The fourth-order valence-corrected chi connectivity index (χ4v) is 1.44. The first kappa shape index (κ1) is 8.91. The molecule has 3 heteroatoms. The van der Waals surface area contributed by atoms with Crippen LogP contribution in [0.4, 0.5) is 8.78 Å². The van der Waals surface area contributed by atoms with Crippen molar-refractivity contribution in [2.24, 2.45) is 5.92 Å². The Kier molecular flexibility index (Phi) is 2.82. The Balaban J connectivity index is 2.11. The Hall–Kier alpha value is -0.180. The minimum Gasteiger partial charge on any atom is -0.320 e. The molecule has 1 nitrogen and oxygen atoms in total. The standard InChI is InChI=1S/C8H14F2O/c1-8(9,10)11-6-7-4-2-3-5-7/h7H,2-6H2,1H3. The predicted octanol–water partition coefficient (Wildman–Crippen LogP) is 2.81. The summed E-state index contributed by atoms with van der Waals surface area (Å²) in [4.78, 5) is 0. The lowest BCUT2D eigenvalue weighted by Gasteiger charge is -2.14. The highest BCUT2D eigenvalue weighted by molar-refractivity contribution is 4.66. The van der Waals surface area contributed by atoms with Gasteiger partial charge in [0.25, 0.3) is 0 Å². The fourth-order valence-electron chi connectivity index (χ4n) is 1.44. The molecule has 0 saturated heterocycles. The summed E-state index contributed by atoms with van der Waals surface area (Å²) >= 11 is 0. The van der Waals surface area contributed by atoms with E-state index in [-0.39, 0.29) is 6.61 Å². The lowest BCUT2D eigenvalue weighted by Crippen LogP contribution is -2.19. The molecule has 0 unspecified atom stereocenters. The van der Waals surface area contributed by atoms with E-state index >= 15 is 0 Å². The van der Waals surface area contributed by atoms with Crippen molar-refractivity contribution < 1.29 is 13.5 Å². The van der Waals surface area contributed by atoms with E-state index in [1.54, 1.807) is 0 Å². The summed E-state index contributed by atoms with van der Waals surface area (Å²) in [7, 11) is 0. The zero-order valence-electron chi connectivity index (χ0n) is 6.78. The average molecular weight is 164 g/mol. The van der Waals surface area contributed by atoms with Gasteiger partial charge in [-0.2, -0.15) is 8.78 Å². The van der Waals surface area contributed by atoms with Crippen molar-refractivity contribution >= 4 is 0 Å². The zero-order valence-corrected chi connectivity index (χ0v) is 6.78. The Morgan fingerprint density at radius 1 is 1.36 bits per heavy atom. The Morgan fingerprint density at radius 3 is 2.36 bits per heavy atom. The maximum Gasteiger partial charge on any atom is 0.352 e. The number of hydrogen-bond acceptors (Lipinski definition) is 1. The zero-order chi connectivity index (χ0) is 8.32. The first-order valence-corrected chi connectivity index (χ1v) is 4.10. The second-order valence-electron chi connectivity index (χ2n) is 3.27. The van der Waals surface area contributed by atoms with Crippen LogP contribution >= 0.6 is 0 Å². The molecule has 0 aliphatic heterocycles. The molecule has 0 aromatic carbocycles. The van der Waals surface area contributed by atoms with Crippen molar-refractivity contribution in [1.82, 2.24) is 0 Å². The second kappa shape index (κ2) is 3.48. The van der Waals surface area contributed by atoms with Crippen LogP contribution in [0.25, 0.3) is 0 Å². The topological polar surface area (TPSA) is 9.23 Å². The van der Waals surface area contributed by atoms with Crippen molar-refractivity contribution in [2.75, 3.05) is 6.61 Å². The van der Waals surface area contributed by atoms with Crippen LogP contribution in [0, 0.1) is 5.92 Å². The normalized spacial score (nSPS) is 21.0. The summed E-state index contributed by atoms with van der Waals surface area (Å²) in [6, 6.07) is 0. The van der Waals surface area contributed by atoms with Crippen LogP contribution in [0.3, 0.4) is 0 Å². The molecule has 0 atom stereocenters. The maximum absolute atomic E-state index is 12.2. The molecule has 0 heterocycles. The summed E-state index contributed by atoms with van der Waals surface area (Å²) in [5.74, 6) is 0.376. The van der Waals surface area contributed by atoms with Crippen molar-refractivity contribution in [3.63, 3.8) is 0 Å². The summed E-state index contributed by atoms with van der Waals surface area (Å²) in [5, 5.41) is 0. The van der Waals surface area contributed by atoms with Crippen molar-refractivity contribution in [2.45, 2.75) is 38.7 Å². The summed E-state index contributed by atoms with van der Waals surface area (Å²) in [6.07, 6.45) is 1.50. The van der Waals surface area contributed by atoms with Crippen LogP contribution in [0.1, 0.15) is 32.6 Å². The largest absolute Gasteiger partial charge is 0.352 e. The highest BCUT2D eigenvalue weighted by Crippen LogP contribution is 2.26. The molecule has 1 aliphatic carbocycles. The number of hydrogen-bond donors (Lipinski definition) is 0. The van der Waals surface area contributed by atoms with Crippen LogP contribution in [0.2, 0.25) is 0 Å². The van der Waals surface area contributed by atoms with E-state index in [0.717, 1.165) is 19.8 Å². The molecule has 0 aromatic rings. The summed E-state index contributed by atoms with van der Waals surface area (Å²) in [5.41, 5.74) is 0. The Morgan fingerprint density at radius 2 is 1.91 bits per heavy atom. The van der Waals surface area contributed by atoms with Gasteiger partial charge in [0.2, 0.25) is 0 Å². The van der Waals surface area contributed by atoms with Gasteiger partial charge in [-0.05, 0) is 18.8 Å². The number of halogens is 2. The van der Waals surface area contributed by atoms with Crippen LogP contribution in [-0.4, -0.2) is 12.7 Å². The Bertz CT molecular complexity index is 114. The molecule has 1 aliphatic rings. The smallest absolute Gasteiger partial charge is 0.320 e. The SMILES string of the molecule is CC(F)(F)OCC1CCCC1. The molecule has 1 saturated carbocycles. The Labute approximate surface area is 65.7 Å². The predicted molar refractivity (Wildman–Crippen MR) is 38.5 cm³/mol. The van der Waals surface area contributed by atoms with E-state index in [2.05, 4.69) is 4.74 Å².